The molecular weight excluding hydrogens is 257 g/mol. The van der Waals surface area contributed by atoms with E-state index in [-0.39, 0.29) is 17.0 Å². The van der Waals surface area contributed by atoms with Crippen molar-refractivity contribution >= 4 is 10.0 Å². The van der Waals surface area contributed by atoms with E-state index in [1.54, 1.807) is 6.92 Å². The van der Waals surface area contributed by atoms with E-state index in [4.69, 9.17) is 4.74 Å². The number of sulfonamides is 1. The molecule has 100 valence electrons. The molecule has 2 atom stereocenters. The summed E-state index contributed by atoms with van der Waals surface area (Å²) in [5.41, 5.74) is 0. The molecular formula is C12H16FNO3S. The van der Waals surface area contributed by atoms with Crippen molar-refractivity contribution in [2.75, 3.05) is 13.2 Å². The van der Waals surface area contributed by atoms with Crippen LogP contribution in [0.1, 0.15) is 13.8 Å². The molecule has 4 nitrogen and oxygen atoms in total. The summed E-state index contributed by atoms with van der Waals surface area (Å²) in [6.45, 7) is 4.33. The first-order valence-corrected chi connectivity index (χ1v) is 7.24. The predicted molar refractivity (Wildman–Crippen MR) is 65.2 cm³/mol. The molecule has 1 aromatic rings. The average Bonchev–Trinajstić information content (AvgIpc) is 2.32. The quantitative estimate of drug-likeness (QED) is 0.822. The van der Waals surface area contributed by atoms with Gasteiger partial charge >= 0.3 is 0 Å². The third-order valence-electron chi connectivity index (χ3n) is 2.97. The second-order valence-electron chi connectivity index (χ2n) is 4.52. The van der Waals surface area contributed by atoms with Crippen LogP contribution in [0.5, 0.6) is 0 Å². The Morgan fingerprint density at radius 1 is 1.28 bits per heavy atom. The highest BCUT2D eigenvalue weighted by molar-refractivity contribution is 7.89. The Balaban J connectivity index is 2.32. The summed E-state index contributed by atoms with van der Waals surface area (Å²) in [5, 5.41) is 0. The van der Waals surface area contributed by atoms with Gasteiger partial charge in [0.05, 0.1) is 17.6 Å². The van der Waals surface area contributed by atoms with Crippen LogP contribution in [0, 0.1) is 5.82 Å². The van der Waals surface area contributed by atoms with Gasteiger partial charge in [-0.15, -0.1) is 0 Å². The van der Waals surface area contributed by atoms with Crippen LogP contribution in [0.4, 0.5) is 4.39 Å². The maximum Gasteiger partial charge on any atom is 0.243 e. The fourth-order valence-electron chi connectivity index (χ4n) is 1.95. The predicted octanol–water partition coefficient (Wildman–Crippen LogP) is 1.62. The van der Waals surface area contributed by atoms with Gasteiger partial charge in [-0.25, -0.2) is 12.8 Å². The molecule has 18 heavy (non-hydrogen) atoms. The second-order valence-corrected chi connectivity index (χ2v) is 6.41. The summed E-state index contributed by atoms with van der Waals surface area (Å²) in [4.78, 5) is 0.116. The molecule has 1 saturated heterocycles. The summed E-state index contributed by atoms with van der Waals surface area (Å²) in [6.07, 6.45) is -0.128. The van der Waals surface area contributed by atoms with Crippen molar-refractivity contribution in [3.8, 4) is 0 Å². The average molecular weight is 273 g/mol. The van der Waals surface area contributed by atoms with Gasteiger partial charge in [-0.1, -0.05) is 0 Å². The molecule has 0 aliphatic carbocycles. The lowest BCUT2D eigenvalue weighted by atomic mass is 10.2. The maximum absolute atomic E-state index is 12.8. The third kappa shape index (κ3) is 2.55. The Kier molecular flexibility index (Phi) is 3.70. The summed E-state index contributed by atoms with van der Waals surface area (Å²) in [7, 11) is -3.57. The smallest absolute Gasteiger partial charge is 0.243 e. The number of rotatable bonds is 2. The molecule has 0 bridgehead atoms. The van der Waals surface area contributed by atoms with Crippen LogP contribution in [0.25, 0.3) is 0 Å². The van der Waals surface area contributed by atoms with Crippen LogP contribution in [0.15, 0.2) is 29.2 Å². The zero-order valence-corrected chi connectivity index (χ0v) is 11.2. The highest BCUT2D eigenvalue weighted by Crippen LogP contribution is 2.22. The van der Waals surface area contributed by atoms with E-state index in [2.05, 4.69) is 0 Å². The topological polar surface area (TPSA) is 46.6 Å². The van der Waals surface area contributed by atoms with Gasteiger partial charge in [-0.2, -0.15) is 4.31 Å². The standard InChI is InChI=1S/C12H16FNO3S/c1-9-8-17-10(2)7-14(9)18(15,16)12-5-3-11(13)4-6-12/h3-6,9-10H,7-8H2,1-2H3. The Bertz CT molecular complexity index is 515. The molecule has 6 heteroatoms. The first-order chi connectivity index (χ1) is 8.41. The lowest BCUT2D eigenvalue weighted by Crippen LogP contribution is -2.50. The van der Waals surface area contributed by atoms with Crippen LogP contribution < -0.4 is 0 Å². The van der Waals surface area contributed by atoms with Crippen molar-refractivity contribution in [1.82, 2.24) is 4.31 Å². The molecule has 0 spiro atoms. The fraction of sp³-hybridized carbons (Fsp3) is 0.500. The van der Waals surface area contributed by atoms with Crippen molar-refractivity contribution < 1.29 is 17.5 Å². The molecule has 0 N–H and O–H groups in total. The van der Waals surface area contributed by atoms with Crippen LogP contribution in [-0.4, -0.2) is 38.0 Å². The van der Waals surface area contributed by atoms with Gasteiger partial charge in [0.25, 0.3) is 0 Å². The number of hydrogen-bond acceptors (Lipinski definition) is 3. The number of halogens is 1. The van der Waals surface area contributed by atoms with Gasteiger partial charge in [0.2, 0.25) is 10.0 Å². The van der Waals surface area contributed by atoms with Crippen LogP contribution in [0.3, 0.4) is 0 Å². The van der Waals surface area contributed by atoms with Crippen molar-refractivity contribution in [3.05, 3.63) is 30.1 Å². The van der Waals surface area contributed by atoms with E-state index in [1.165, 1.54) is 16.4 Å². The van der Waals surface area contributed by atoms with Crippen LogP contribution >= 0.6 is 0 Å². The lowest BCUT2D eigenvalue weighted by molar-refractivity contribution is -0.0170. The minimum Gasteiger partial charge on any atom is -0.375 e. The fourth-order valence-corrected chi connectivity index (χ4v) is 3.64. The Labute approximate surface area is 106 Å². The molecule has 2 unspecified atom stereocenters. The van der Waals surface area contributed by atoms with Crippen molar-refractivity contribution in [2.24, 2.45) is 0 Å². The molecule has 0 saturated carbocycles. The minimum absolute atomic E-state index is 0.116. The second kappa shape index (κ2) is 4.95. The highest BCUT2D eigenvalue weighted by atomic mass is 32.2. The molecule has 1 aliphatic heterocycles. The largest absolute Gasteiger partial charge is 0.375 e. The molecule has 1 heterocycles. The lowest BCUT2D eigenvalue weighted by Gasteiger charge is -2.35. The monoisotopic (exact) mass is 273 g/mol. The van der Waals surface area contributed by atoms with Crippen molar-refractivity contribution in [1.29, 1.82) is 0 Å². The van der Waals surface area contributed by atoms with Crippen molar-refractivity contribution in [2.45, 2.75) is 30.9 Å². The van der Waals surface area contributed by atoms with Gasteiger partial charge in [0.15, 0.2) is 0 Å². The number of benzene rings is 1. The van der Waals surface area contributed by atoms with E-state index in [0.29, 0.717) is 13.2 Å². The van der Waals surface area contributed by atoms with Crippen molar-refractivity contribution in [3.63, 3.8) is 0 Å². The van der Waals surface area contributed by atoms with Crippen LogP contribution in [0.2, 0.25) is 0 Å². The zero-order valence-electron chi connectivity index (χ0n) is 10.3. The number of nitrogens with zero attached hydrogens (tertiary/aromatic N) is 1. The molecule has 0 radical (unpaired) electrons. The van der Waals surface area contributed by atoms with E-state index >= 15 is 0 Å². The van der Waals surface area contributed by atoms with E-state index < -0.39 is 15.8 Å². The van der Waals surface area contributed by atoms with Gasteiger partial charge in [-0.05, 0) is 38.1 Å². The summed E-state index contributed by atoms with van der Waals surface area (Å²) in [6, 6.07) is 4.67. The Morgan fingerprint density at radius 2 is 1.89 bits per heavy atom. The first kappa shape index (κ1) is 13.5. The van der Waals surface area contributed by atoms with Gasteiger partial charge in [0.1, 0.15) is 5.82 Å². The van der Waals surface area contributed by atoms with E-state index in [9.17, 15) is 12.8 Å². The van der Waals surface area contributed by atoms with E-state index in [0.717, 1.165) is 12.1 Å². The summed E-state index contributed by atoms with van der Waals surface area (Å²) < 4.78 is 44.4. The molecule has 1 aromatic carbocycles. The number of ether oxygens (including phenoxy) is 1. The Morgan fingerprint density at radius 3 is 2.50 bits per heavy atom. The number of hydrogen-bond donors (Lipinski definition) is 0. The molecule has 1 fully saturated rings. The molecule has 0 aromatic heterocycles. The Hall–Kier alpha value is -0.980. The van der Waals surface area contributed by atoms with Crippen LogP contribution in [-0.2, 0) is 14.8 Å². The molecule has 2 rings (SSSR count). The SMILES string of the molecule is CC1CN(S(=O)(=O)c2ccc(F)cc2)C(C)CO1. The normalized spacial score (nSPS) is 26.2. The zero-order chi connectivity index (χ0) is 13.3. The van der Waals surface area contributed by atoms with Gasteiger partial charge in [-0.3, -0.25) is 0 Å². The highest BCUT2D eigenvalue weighted by Gasteiger charge is 2.33. The third-order valence-corrected chi connectivity index (χ3v) is 4.97. The molecule has 0 amide bonds. The summed E-state index contributed by atoms with van der Waals surface area (Å²) >= 11 is 0. The summed E-state index contributed by atoms with van der Waals surface area (Å²) in [5.74, 6) is -0.447. The van der Waals surface area contributed by atoms with Gasteiger partial charge in [0, 0.05) is 12.6 Å². The van der Waals surface area contributed by atoms with E-state index in [1.807, 2.05) is 6.92 Å². The first-order valence-electron chi connectivity index (χ1n) is 5.80. The number of morpholine rings is 1. The molecule has 1 aliphatic rings. The maximum atomic E-state index is 12.8. The minimum atomic E-state index is -3.57. The van der Waals surface area contributed by atoms with Gasteiger partial charge < -0.3 is 4.74 Å².